The molecule has 0 spiro atoms. The molecule has 0 atom stereocenters. The van der Waals surface area contributed by atoms with Crippen LogP contribution in [0.4, 0.5) is 0 Å². The van der Waals surface area contributed by atoms with Crippen LogP contribution in [-0.2, 0) is 0 Å². The van der Waals surface area contributed by atoms with Gasteiger partial charge in [0.25, 0.3) is 0 Å². The van der Waals surface area contributed by atoms with E-state index in [0.29, 0.717) is 0 Å². The molecule has 1 saturated carbocycles. The van der Waals surface area contributed by atoms with Gasteiger partial charge in [-0.25, -0.2) is 0 Å². The maximum absolute atomic E-state index is 2.33. The normalized spacial score (nSPS) is 20.8. The molecule has 1 aliphatic rings. The van der Waals surface area contributed by atoms with Gasteiger partial charge in [0.2, 0.25) is 0 Å². The third-order valence-corrected chi connectivity index (χ3v) is 2.54. The Labute approximate surface area is 64.3 Å². The van der Waals surface area contributed by atoms with Gasteiger partial charge in [-0.15, -0.1) is 0 Å². The molecule has 1 fully saturated rings. The molecule has 0 aromatic carbocycles. The van der Waals surface area contributed by atoms with Crippen LogP contribution in [0.2, 0.25) is 0 Å². The van der Waals surface area contributed by atoms with Crippen molar-refractivity contribution in [3.8, 4) is 0 Å². The first kappa shape index (κ1) is 7.84. The van der Waals surface area contributed by atoms with Crippen molar-refractivity contribution in [3.63, 3.8) is 0 Å². The number of allylic oxidation sites excluding steroid dienone is 2. The molecule has 0 aliphatic heterocycles. The largest absolute Gasteiger partial charge is 0.0882 e. The molecule has 1 rings (SSSR count). The second kappa shape index (κ2) is 3.80. The first-order valence-electron chi connectivity index (χ1n) is 4.53. The molecule has 58 valence electrons. The maximum Gasteiger partial charge on any atom is -0.0203 e. The Hall–Kier alpha value is -0.260. The van der Waals surface area contributed by atoms with E-state index in [9.17, 15) is 0 Å². The molecule has 0 heterocycles. The first-order chi connectivity index (χ1) is 4.88. The summed E-state index contributed by atoms with van der Waals surface area (Å²) in [5.74, 6) is 0.977. The van der Waals surface area contributed by atoms with Crippen molar-refractivity contribution in [2.45, 2.75) is 46.0 Å². The second-order valence-electron chi connectivity index (χ2n) is 3.24. The summed E-state index contributed by atoms with van der Waals surface area (Å²) in [5.41, 5.74) is 1.72. The molecule has 0 aromatic heterocycles. The second-order valence-corrected chi connectivity index (χ2v) is 3.24. The molecule has 0 heteroatoms. The molecule has 0 unspecified atom stereocenters. The van der Waals surface area contributed by atoms with Crippen molar-refractivity contribution >= 4 is 0 Å². The van der Waals surface area contributed by atoms with Gasteiger partial charge in [0.15, 0.2) is 0 Å². The zero-order valence-corrected chi connectivity index (χ0v) is 7.19. The highest BCUT2D eigenvalue weighted by Crippen LogP contribution is 2.34. The summed E-state index contributed by atoms with van der Waals surface area (Å²) >= 11 is 0. The number of hydrogen-bond donors (Lipinski definition) is 0. The zero-order valence-electron chi connectivity index (χ0n) is 7.19. The summed E-state index contributed by atoms with van der Waals surface area (Å²) in [6.07, 6.45) is 9.36. The molecule has 0 bridgehead atoms. The molecule has 1 aliphatic carbocycles. The van der Waals surface area contributed by atoms with Crippen LogP contribution < -0.4 is 0 Å². The van der Waals surface area contributed by atoms with Crippen LogP contribution in [0.25, 0.3) is 0 Å². The summed E-state index contributed by atoms with van der Waals surface area (Å²) in [6, 6.07) is 0. The van der Waals surface area contributed by atoms with Gasteiger partial charge in [0.1, 0.15) is 0 Å². The molecule has 0 N–H and O–H groups in total. The van der Waals surface area contributed by atoms with Crippen LogP contribution in [0.1, 0.15) is 46.0 Å². The van der Waals surface area contributed by atoms with Crippen LogP contribution >= 0.6 is 0 Å². The van der Waals surface area contributed by atoms with Gasteiger partial charge < -0.3 is 0 Å². The number of rotatable bonds is 3. The Kier molecular flexibility index (Phi) is 2.98. The van der Waals surface area contributed by atoms with Gasteiger partial charge >= 0.3 is 0 Å². The van der Waals surface area contributed by atoms with E-state index in [1.807, 2.05) is 0 Å². The average Bonchev–Trinajstić information content (AvgIpc) is 1.83. The highest BCUT2D eigenvalue weighted by atomic mass is 14.2. The average molecular weight is 138 g/mol. The Morgan fingerprint density at radius 3 is 2.50 bits per heavy atom. The lowest BCUT2D eigenvalue weighted by Crippen LogP contribution is -2.13. The van der Waals surface area contributed by atoms with Gasteiger partial charge in [0, 0.05) is 0 Å². The van der Waals surface area contributed by atoms with Crippen molar-refractivity contribution in [3.05, 3.63) is 11.6 Å². The summed E-state index contributed by atoms with van der Waals surface area (Å²) in [5, 5.41) is 0. The zero-order chi connectivity index (χ0) is 7.40. The van der Waals surface area contributed by atoms with Gasteiger partial charge in [-0.3, -0.25) is 0 Å². The predicted molar refractivity (Wildman–Crippen MR) is 46.0 cm³/mol. The van der Waals surface area contributed by atoms with Crippen LogP contribution in [-0.4, -0.2) is 0 Å². The predicted octanol–water partition coefficient (Wildman–Crippen LogP) is 3.53. The molecular formula is C10H18. The smallest absolute Gasteiger partial charge is 0.0203 e. The monoisotopic (exact) mass is 138 g/mol. The summed E-state index contributed by atoms with van der Waals surface area (Å²) in [7, 11) is 0. The Morgan fingerprint density at radius 2 is 2.20 bits per heavy atom. The van der Waals surface area contributed by atoms with Crippen molar-refractivity contribution in [2.24, 2.45) is 5.92 Å². The van der Waals surface area contributed by atoms with Crippen molar-refractivity contribution in [2.75, 3.05) is 0 Å². The van der Waals surface area contributed by atoms with Crippen molar-refractivity contribution in [1.82, 2.24) is 0 Å². The fraction of sp³-hybridized carbons (Fsp3) is 0.800. The Balaban J connectivity index is 2.32. The fourth-order valence-corrected chi connectivity index (χ4v) is 1.65. The SMILES string of the molecule is CC=C(CCC)C1CCC1. The molecule has 0 saturated heterocycles. The molecule has 0 nitrogen and oxygen atoms in total. The summed E-state index contributed by atoms with van der Waals surface area (Å²) in [4.78, 5) is 0. The fourth-order valence-electron chi connectivity index (χ4n) is 1.65. The molecule has 0 radical (unpaired) electrons. The van der Waals surface area contributed by atoms with E-state index in [-0.39, 0.29) is 0 Å². The van der Waals surface area contributed by atoms with Crippen LogP contribution in [0.15, 0.2) is 11.6 Å². The first-order valence-corrected chi connectivity index (χ1v) is 4.53. The Bertz CT molecular complexity index is 118. The van der Waals surface area contributed by atoms with Gasteiger partial charge in [-0.1, -0.05) is 31.4 Å². The molecular weight excluding hydrogens is 120 g/mol. The third-order valence-electron chi connectivity index (χ3n) is 2.54. The topological polar surface area (TPSA) is 0 Å². The lowest BCUT2D eigenvalue weighted by atomic mass is 9.78. The Morgan fingerprint density at radius 1 is 1.50 bits per heavy atom. The summed E-state index contributed by atoms with van der Waals surface area (Å²) in [6.45, 7) is 4.45. The minimum atomic E-state index is 0.977. The third kappa shape index (κ3) is 1.62. The van der Waals surface area contributed by atoms with E-state index in [2.05, 4.69) is 19.9 Å². The van der Waals surface area contributed by atoms with E-state index in [0.717, 1.165) is 5.92 Å². The van der Waals surface area contributed by atoms with E-state index in [4.69, 9.17) is 0 Å². The van der Waals surface area contributed by atoms with Crippen molar-refractivity contribution in [1.29, 1.82) is 0 Å². The highest BCUT2D eigenvalue weighted by molar-refractivity contribution is 5.08. The molecule has 10 heavy (non-hydrogen) atoms. The van der Waals surface area contributed by atoms with E-state index < -0.39 is 0 Å². The van der Waals surface area contributed by atoms with E-state index in [1.54, 1.807) is 5.57 Å². The maximum atomic E-state index is 2.33. The van der Waals surface area contributed by atoms with Crippen LogP contribution in [0, 0.1) is 5.92 Å². The quantitative estimate of drug-likeness (QED) is 0.523. The molecule has 0 aromatic rings. The van der Waals surface area contributed by atoms with Crippen molar-refractivity contribution < 1.29 is 0 Å². The minimum Gasteiger partial charge on any atom is -0.0882 e. The molecule has 0 amide bonds. The van der Waals surface area contributed by atoms with Gasteiger partial charge in [0.05, 0.1) is 0 Å². The lowest BCUT2D eigenvalue weighted by molar-refractivity contribution is 0.358. The minimum absolute atomic E-state index is 0.977. The highest BCUT2D eigenvalue weighted by Gasteiger charge is 2.19. The van der Waals surface area contributed by atoms with Crippen LogP contribution in [0.3, 0.4) is 0 Å². The van der Waals surface area contributed by atoms with E-state index >= 15 is 0 Å². The number of hydrogen-bond acceptors (Lipinski definition) is 0. The van der Waals surface area contributed by atoms with Gasteiger partial charge in [-0.05, 0) is 32.1 Å². The summed E-state index contributed by atoms with van der Waals surface area (Å²) < 4.78 is 0. The van der Waals surface area contributed by atoms with E-state index in [1.165, 1.54) is 32.1 Å². The lowest BCUT2D eigenvalue weighted by Gasteiger charge is -2.28. The van der Waals surface area contributed by atoms with Gasteiger partial charge in [-0.2, -0.15) is 0 Å². The van der Waals surface area contributed by atoms with Crippen LogP contribution in [0.5, 0.6) is 0 Å². The standard InChI is InChI=1S/C10H18/c1-3-6-9(4-2)10-7-5-8-10/h4,10H,3,5-8H2,1-2H3.